The molecule has 0 aliphatic rings. The van der Waals surface area contributed by atoms with Gasteiger partial charge in [-0.2, -0.15) is 0 Å². The van der Waals surface area contributed by atoms with E-state index in [0.29, 0.717) is 6.61 Å². The Bertz CT molecular complexity index is 698. The van der Waals surface area contributed by atoms with E-state index in [4.69, 9.17) is 4.74 Å². The lowest BCUT2D eigenvalue weighted by Crippen LogP contribution is -2.32. The molecule has 0 aliphatic heterocycles. The Labute approximate surface area is 112 Å². The number of fused-ring (bicyclic) bond motifs is 1. The molecule has 0 saturated carbocycles. The van der Waals surface area contributed by atoms with Crippen LogP contribution < -0.4 is 9.30 Å². The zero-order valence-electron chi connectivity index (χ0n) is 11.2. The van der Waals surface area contributed by atoms with Crippen LogP contribution in [0.4, 0.5) is 0 Å². The highest BCUT2D eigenvalue weighted by Crippen LogP contribution is 2.14. The highest BCUT2D eigenvalue weighted by Gasteiger charge is 2.14. The van der Waals surface area contributed by atoms with E-state index in [1.165, 1.54) is 11.1 Å². The van der Waals surface area contributed by atoms with Gasteiger partial charge in [0.25, 0.3) is 5.82 Å². The van der Waals surface area contributed by atoms with E-state index < -0.39 is 0 Å². The van der Waals surface area contributed by atoms with Crippen LogP contribution in [-0.2, 0) is 13.7 Å². The largest absolute Gasteiger partial charge is 0.481 e. The number of benzene rings is 2. The zero-order chi connectivity index (χ0) is 13.2. The van der Waals surface area contributed by atoms with Crippen molar-refractivity contribution in [1.29, 1.82) is 0 Å². The van der Waals surface area contributed by atoms with Gasteiger partial charge in [-0.25, -0.2) is 9.55 Å². The molecule has 1 N–H and O–H groups in total. The van der Waals surface area contributed by atoms with Crippen LogP contribution in [-0.4, -0.2) is 4.98 Å². The Kier molecular flexibility index (Phi) is 2.95. The van der Waals surface area contributed by atoms with Crippen molar-refractivity contribution in [2.45, 2.75) is 13.5 Å². The van der Waals surface area contributed by atoms with E-state index in [0.717, 1.165) is 17.1 Å². The number of aromatic amines is 1. The number of hydrogen-bond acceptors (Lipinski definition) is 1. The van der Waals surface area contributed by atoms with Crippen LogP contribution >= 0.6 is 0 Å². The molecule has 1 heterocycles. The van der Waals surface area contributed by atoms with E-state index >= 15 is 0 Å². The fourth-order valence-electron chi connectivity index (χ4n) is 2.18. The first-order valence-corrected chi connectivity index (χ1v) is 6.39. The van der Waals surface area contributed by atoms with Crippen molar-refractivity contribution in [1.82, 2.24) is 4.98 Å². The number of ether oxygens (including phenoxy) is 1. The fraction of sp³-hybridized carbons (Fsp3) is 0.188. The summed E-state index contributed by atoms with van der Waals surface area (Å²) in [5.74, 6) is 1.95. The number of aromatic nitrogens is 2. The molecule has 19 heavy (non-hydrogen) atoms. The van der Waals surface area contributed by atoms with E-state index in [2.05, 4.69) is 40.7 Å². The number of nitrogens with one attached hydrogen (secondary N) is 1. The molecule has 3 heteroatoms. The molecule has 0 bridgehead atoms. The van der Waals surface area contributed by atoms with Gasteiger partial charge in [-0.1, -0.05) is 29.8 Å². The first-order chi connectivity index (χ1) is 9.24. The fourth-order valence-corrected chi connectivity index (χ4v) is 2.18. The molecule has 3 aromatic rings. The maximum absolute atomic E-state index is 5.81. The van der Waals surface area contributed by atoms with Crippen molar-refractivity contribution in [3.05, 3.63) is 59.9 Å². The summed E-state index contributed by atoms with van der Waals surface area (Å²) < 4.78 is 7.93. The lowest BCUT2D eigenvalue weighted by Gasteiger charge is -2.03. The summed E-state index contributed by atoms with van der Waals surface area (Å²) in [6, 6.07) is 16.4. The van der Waals surface area contributed by atoms with Gasteiger partial charge >= 0.3 is 0 Å². The predicted molar refractivity (Wildman–Crippen MR) is 75.0 cm³/mol. The quantitative estimate of drug-likeness (QED) is 0.714. The van der Waals surface area contributed by atoms with Crippen LogP contribution in [0.2, 0.25) is 0 Å². The normalized spacial score (nSPS) is 10.8. The van der Waals surface area contributed by atoms with E-state index in [1.54, 1.807) is 0 Å². The van der Waals surface area contributed by atoms with Gasteiger partial charge < -0.3 is 4.74 Å². The molecule has 96 valence electrons. The van der Waals surface area contributed by atoms with Crippen molar-refractivity contribution < 1.29 is 9.30 Å². The number of nitrogens with zero attached hydrogens (tertiary/aromatic N) is 1. The maximum atomic E-state index is 5.81. The second-order valence-electron chi connectivity index (χ2n) is 4.75. The Balaban J connectivity index is 1.82. The average Bonchev–Trinajstić information content (AvgIpc) is 2.76. The highest BCUT2D eigenvalue weighted by molar-refractivity contribution is 5.70. The smallest absolute Gasteiger partial charge is 0.293 e. The molecule has 0 spiro atoms. The van der Waals surface area contributed by atoms with E-state index in [9.17, 15) is 0 Å². The number of aryl methyl sites for hydroxylation is 2. The summed E-state index contributed by atoms with van der Waals surface area (Å²) >= 11 is 0. The second-order valence-corrected chi connectivity index (χ2v) is 4.75. The van der Waals surface area contributed by atoms with Crippen molar-refractivity contribution in [2.24, 2.45) is 7.05 Å². The summed E-state index contributed by atoms with van der Waals surface area (Å²) in [7, 11) is 2.05. The first-order valence-electron chi connectivity index (χ1n) is 6.39. The molecule has 0 unspecified atom stereocenters. The lowest BCUT2D eigenvalue weighted by molar-refractivity contribution is -0.654. The van der Waals surface area contributed by atoms with Crippen LogP contribution in [0.1, 0.15) is 11.4 Å². The van der Waals surface area contributed by atoms with Gasteiger partial charge in [0.2, 0.25) is 0 Å². The minimum atomic E-state index is 0.536. The summed E-state index contributed by atoms with van der Waals surface area (Å²) in [5.41, 5.74) is 3.56. The molecular formula is C16H17N2O+. The number of rotatable bonds is 3. The molecule has 0 aliphatic carbocycles. The number of H-pyrrole nitrogens is 1. The standard InChI is InChI=1S/C16H16N2O/c1-12-7-9-13(10-8-12)19-11-16-17-14-5-3-4-6-15(14)18(16)2/h3-10H,11H2,1-2H3/p+1. The Morgan fingerprint density at radius 3 is 2.53 bits per heavy atom. The third kappa shape index (κ3) is 2.32. The molecule has 0 amide bonds. The van der Waals surface area contributed by atoms with Gasteiger partial charge in [0.05, 0.1) is 7.05 Å². The molecule has 1 aromatic heterocycles. The van der Waals surface area contributed by atoms with Crippen LogP contribution in [0.25, 0.3) is 11.0 Å². The van der Waals surface area contributed by atoms with Gasteiger partial charge in [-0.3, -0.25) is 0 Å². The topological polar surface area (TPSA) is 28.9 Å². The van der Waals surface area contributed by atoms with E-state index in [1.807, 2.05) is 31.3 Å². The van der Waals surface area contributed by atoms with Crippen LogP contribution in [0.5, 0.6) is 5.75 Å². The van der Waals surface area contributed by atoms with Gasteiger partial charge in [-0.05, 0) is 31.2 Å². The SMILES string of the molecule is Cc1ccc(OCc2[nH]c3ccccc3[n+]2C)cc1. The first kappa shape index (κ1) is 11.8. The third-order valence-corrected chi connectivity index (χ3v) is 3.35. The summed E-state index contributed by atoms with van der Waals surface area (Å²) in [5, 5.41) is 0. The van der Waals surface area contributed by atoms with Crippen molar-refractivity contribution in [2.75, 3.05) is 0 Å². The van der Waals surface area contributed by atoms with Crippen LogP contribution in [0.15, 0.2) is 48.5 Å². The Morgan fingerprint density at radius 2 is 1.79 bits per heavy atom. The predicted octanol–water partition coefficient (Wildman–Crippen LogP) is 2.88. The molecule has 0 atom stereocenters. The summed E-state index contributed by atoms with van der Waals surface area (Å²) in [6.07, 6.45) is 0. The number of hydrogen-bond donors (Lipinski definition) is 1. The molecule has 0 saturated heterocycles. The molecule has 3 nitrogen and oxygen atoms in total. The zero-order valence-corrected chi connectivity index (χ0v) is 11.2. The van der Waals surface area contributed by atoms with Gasteiger partial charge in [0.15, 0.2) is 17.6 Å². The van der Waals surface area contributed by atoms with Crippen LogP contribution in [0, 0.1) is 6.92 Å². The monoisotopic (exact) mass is 253 g/mol. The van der Waals surface area contributed by atoms with Gasteiger partial charge in [0, 0.05) is 0 Å². The Hall–Kier alpha value is -2.29. The van der Waals surface area contributed by atoms with Gasteiger partial charge in [-0.15, -0.1) is 0 Å². The van der Waals surface area contributed by atoms with Crippen LogP contribution in [0.3, 0.4) is 0 Å². The molecule has 3 rings (SSSR count). The summed E-state index contributed by atoms with van der Waals surface area (Å²) in [4.78, 5) is 3.38. The third-order valence-electron chi connectivity index (χ3n) is 3.35. The van der Waals surface area contributed by atoms with Crippen molar-refractivity contribution in [3.8, 4) is 5.75 Å². The molecule has 0 radical (unpaired) electrons. The molecule has 0 fully saturated rings. The average molecular weight is 253 g/mol. The highest BCUT2D eigenvalue weighted by atomic mass is 16.5. The second kappa shape index (κ2) is 4.76. The van der Waals surface area contributed by atoms with Crippen molar-refractivity contribution in [3.63, 3.8) is 0 Å². The minimum absolute atomic E-state index is 0.536. The van der Waals surface area contributed by atoms with E-state index in [-0.39, 0.29) is 0 Å². The lowest BCUT2D eigenvalue weighted by atomic mass is 10.2. The molecular weight excluding hydrogens is 236 g/mol. The van der Waals surface area contributed by atoms with Crippen molar-refractivity contribution >= 4 is 11.0 Å². The summed E-state index contributed by atoms with van der Waals surface area (Å²) in [6.45, 7) is 2.61. The van der Waals surface area contributed by atoms with Gasteiger partial charge in [0.1, 0.15) is 5.75 Å². The minimum Gasteiger partial charge on any atom is -0.481 e. The number of imidazole rings is 1. The Morgan fingerprint density at radius 1 is 1.05 bits per heavy atom. The maximum Gasteiger partial charge on any atom is 0.293 e. The molecule has 2 aromatic carbocycles. The number of para-hydroxylation sites is 2.